The van der Waals surface area contributed by atoms with Crippen LogP contribution < -0.4 is 16.0 Å². The third-order valence-corrected chi connectivity index (χ3v) is 2.21. The topological polar surface area (TPSA) is 81.0 Å². The summed E-state index contributed by atoms with van der Waals surface area (Å²) in [5, 5.41) is 0. The Labute approximate surface area is 96.1 Å². The minimum absolute atomic E-state index is 0.0104. The number of rotatable bonds is 2. The van der Waals surface area contributed by atoms with E-state index in [4.69, 9.17) is 10.5 Å². The highest BCUT2D eigenvalue weighted by Gasteiger charge is 2.07. The van der Waals surface area contributed by atoms with Crippen LogP contribution in [0.3, 0.4) is 0 Å². The molecule has 6 heteroatoms. The number of aromatic nitrogens is 2. The van der Waals surface area contributed by atoms with Crippen LogP contribution in [0, 0.1) is 5.82 Å². The number of anilines is 1. The van der Waals surface area contributed by atoms with Crippen LogP contribution in [0.15, 0.2) is 29.1 Å². The van der Waals surface area contributed by atoms with E-state index < -0.39 is 5.82 Å². The number of nitrogens with one attached hydrogen (secondary N) is 1. The standard InChI is InChI=1S/C11H10FN3O2/c1-17-9-3-2-6(4-7(9)12)8-5-10(16)15-11(13)14-8/h2-5H,1H3,(H3,13,14,15,16). The van der Waals surface area contributed by atoms with Gasteiger partial charge in [0.25, 0.3) is 5.56 Å². The van der Waals surface area contributed by atoms with Gasteiger partial charge in [-0.3, -0.25) is 9.78 Å². The van der Waals surface area contributed by atoms with Crippen molar-refractivity contribution in [1.82, 2.24) is 9.97 Å². The number of nitrogen functional groups attached to an aromatic ring is 1. The van der Waals surface area contributed by atoms with Gasteiger partial charge in [0, 0.05) is 11.6 Å². The van der Waals surface area contributed by atoms with Gasteiger partial charge in [0.15, 0.2) is 11.6 Å². The molecule has 0 aliphatic rings. The SMILES string of the molecule is COc1ccc(-c2cc(=O)[nH]c(N)n2)cc1F. The Bertz CT molecular complexity index is 610. The molecule has 0 saturated heterocycles. The maximum atomic E-state index is 13.5. The lowest BCUT2D eigenvalue weighted by atomic mass is 10.1. The summed E-state index contributed by atoms with van der Waals surface area (Å²) in [6.45, 7) is 0. The van der Waals surface area contributed by atoms with Crippen molar-refractivity contribution in [2.75, 3.05) is 12.8 Å². The van der Waals surface area contributed by atoms with Crippen molar-refractivity contribution in [3.8, 4) is 17.0 Å². The van der Waals surface area contributed by atoms with E-state index in [1.807, 2.05) is 0 Å². The molecule has 0 saturated carbocycles. The quantitative estimate of drug-likeness (QED) is 0.818. The highest BCUT2D eigenvalue weighted by atomic mass is 19.1. The smallest absolute Gasteiger partial charge is 0.252 e. The molecule has 0 atom stereocenters. The van der Waals surface area contributed by atoms with Gasteiger partial charge in [0.2, 0.25) is 5.95 Å². The lowest BCUT2D eigenvalue weighted by molar-refractivity contribution is 0.386. The molecule has 88 valence electrons. The minimum Gasteiger partial charge on any atom is -0.494 e. The Hall–Kier alpha value is -2.37. The van der Waals surface area contributed by atoms with Gasteiger partial charge in [-0.25, -0.2) is 9.37 Å². The van der Waals surface area contributed by atoms with Crippen LogP contribution in [0.2, 0.25) is 0 Å². The van der Waals surface area contributed by atoms with E-state index in [2.05, 4.69) is 9.97 Å². The average Bonchev–Trinajstić information content (AvgIpc) is 2.27. The largest absolute Gasteiger partial charge is 0.494 e. The third kappa shape index (κ3) is 2.25. The summed E-state index contributed by atoms with van der Waals surface area (Å²) in [6.07, 6.45) is 0. The van der Waals surface area contributed by atoms with Gasteiger partial charge in [-0.15, -0.1) is 0 Å². The van der Waals surface area contributed by atoms with Gasteiger partial charge in [-0.2, -0.15) is 0 Å². The Morgan fingerprint density at radius 2 is 2.18 bits per heavy atom. The second-order valence-corrected chi connectivity index (χ2v) is 3.37. The molecule has 0 radical (unpaired) electrons. The molecular formula is C11H10FN3O2. The lowest BCUT2D eigenvalue weighted by Gasteiger charge is -2.05. The molecule has 1 heterocycles. The second kappa shape index (κ2) is 4.25. The first kappa shape index (κ1) is 11.1. The Morgan fingerprint density at radius 3 is 2.76 bits per heavy atom. The number of aromatic amines is 1. The summed E-state index contributed by atoms with van der Waals surface area (Å²) in [5.41, 5.74) is 5.79. The number of H-pyrrole nitrogens is 1. The molecule has 3 N–H and O–H groups in total. The van der Waals surface area contributed by atoms with Crippen molar-refractivity contribution in [2.24, 2.45) is 0 Å². The zero-order valence-electron chi connectivity index (χ0n) is 9.03. The number of hydrogen-bond donors (Lipinski definition) is 2. The molecule has 0 bridgehead atoms. The molecule has 5 nitrogen and oxygen atoms in total. The molecule has 1 aromatic heterocycles. The van der Waals surface area contributed by atoms with Crippen molar-refractivity contribution in [3.05, 3.63) is 40.4 Å². The van der Waals surface area contributed by atoms with E-state index in [1.165, 1.54) is 25.3 Å². The summed E-state index contributed by atoms with van der Waals surface area (Å²) in [6, 6.07) is 5.55. The molecule has 0 unspecified atom stereocenters. The third-order valence-electron chi connectivity index (χ3n) is 2.21. The summed E-state index contributed by atoms with van der Waals surface area (Å²) in [5.74, 6) is -0.402. The minimum atomic E-state index is -0.523. The zero-order valence-corrected chi connectivity index (χ0v) is 9.03. The van der Waals surface area contributed by atoms with Gasteiger partial charge < -0.3 is 10.5 Å². The van der Waals surface area contributed by atoms with Gasteiger partial charge in [0.1, 0.15) is 0 Å². The molecule has 0 aliphatic heterocycles. The number of nitrogens with two attached hydrogens (primary N) is 1. The predicted octanol–water partition coefficient (Wildman–Crippen LogP) is 1.17. The van der Waals surface area contributed by atoms with E-state index in [-0.39, 0.29) is 17.3 Å². The van der Waals surface area contributed by atoms with Crippen LogP contribution in [0.1, 0.15) is 0 Å². The number of nitrogens with zero attached hydrogens (tertiary/aromatic N) is 1. The number of benzene rings is 1. The maximum Gasteiger partial charge on any atom is 0.252 e. The molecule has 0 aliphatic carbocycles. The maximum absolute atomic E-state index is 13.5. The van der Waals surface area contributed by atoms with Crippen molar-refractivity contribution < 1.29 is 9.13 Å². The fourth-order valence-corrected chi connectivity index (χ4v) is 1.45. The van der Waals surface area contributed by atoms with E-state index in [9.17, 15) is 9.18 Å². The van der Waals surface area contributed by atoms with Crippen LogP contribution in [-0.2, 0) is 0 Å². The van der Waals surface area contributed by atoms with Crippen LogP contribution in [0.5, 0.6) is 5.75 Å². The Balaban J connectivity index is 2.53. The van der Waals surface area contributed by atoms with E-state index in [0.29, 0.717) is 11.3 Å². The molecule has 2 rings (SSSR count). The predicted molar refractivity (Wildman–Crippen MR) is 61.2 cm³/mol. The monoisotopic (exact) mass is 235 g/mol. The summed E-state index contributed by atoms with van der Waals surface area (Å²) in [7, 11) is 1.38. The first-order chi connectivity index (χ1) is 8.10. The Kier molecular flexibility index (Phi) is 2.78. The van der Waals surface area contributed by atoms with Crippen molar-refractivity contribution in [1.29, 1.82) is 0 Å². The van der Waals surface area contributed by atoms with E-state index in [0.717, 1.165) is 0 Å². The fourth-order valence-electron chi connectivity index (χ4n) is 1.45. The van der Waals surface area contributed by atoms with Gasteiger partial charge in [0.05, 0.1) is 12.8 Å². The summed E-state index contributed by atoms with van der Waals surface area (Å²) < 4.78 is 18.3. The molecule has 0 spiro atoms. The normalized spacial score (nSPS) is 10.2. The van der Waals surface area contributed by atoms with Crippen LogP contribution >= 0.6 is 0 Å². The van der Waals surface area contributed by atoms with Crippen molar-refractivity contribution in [2.45, 2.75) is 0 Å². The number of halogens is 1. The highest BCUT2D eigenvalue weighted by molar-refractivity contribution is 5.60. The van der Waals surface area contributed by atoms with Crippen molar-refractivity contribution >= 4 is 5.95 Å². The molecule has 0 amide bonds. The molecular weight excluding hydrogens is 225 g/mol. The fraction of sp³-hybridized carbons (Fsp3) is 0.0909. The second-order valence-electron chi connectivity index (χ2n) is 3.37. The molecule has 0 fully saturated rings. The van der Waals surface area contributed by atoms with Crippen molar-refractivity contribution in [3.63, 3.8) is 0 Å². The number of hydrogen-bond acceptors (Lipinski definition) is 4. The molecule has 2 aromatic rings. The number of ether oxygens (including phenoxy) is 1. The number of methoxy groups -OCH3 is 1. The first-order valence-corrected chi connectivity index (χ1v) is 4.81. The van der Waals surface area contributed by atoms with Crippen LogP contribution in [0.4, 0.5) is 10.3 Å². The van der Waals surface area contributed by atoms with Crippen LogP contribution in [-0.4, -0.2) is 17.1 Å². The van der Waals surface area contributed by atoms with Crippen LogP contribution in [0.25, 0.3) is 11.3 Å². The molecule has 17 heavy (non-hydrogen) atoms. The zero-order chi connectivity index (χ0) is 12.4. The van der Waals surface area contributed by atoms with Gasteiger partial charge in [-0.1, -0.05) is 0 Å². The average molecular weight is 235 g/mol. The van der Waals surface area contributed by atoms with Gasteiger partial charge >= 0.3 is 0 Å². The van der Waals surface area contributed by atoms with E-state index in [1.54, 1.807) is 6.07 Å². The summed E-state index contributed by atoms with van der Waals surface area (Å²) in [4.78, 5) is 17.4. The first-order valence-electron chi connectivity index (χ1n) is 4.81. The Morgan fingerprint density at radius 1 is 1.41 bits per heavy atom. The molecule has 1 aromatic carbocycles. The highest BCUT2D eigenvalue weighted by Crippen LogP contribution is 2.23. The van der Waals surface area contributed by atoms with E-state index >= 15 is 0 Å². The van der Waals surface area contributed by atoms with Gasteiger partial charge in [-0.05, 0) is 18.2 Å². The lowest BCUT2D eigenvalue weighted by Crippen LogP contribution is -2.10. The summed E-state index contributed by atoms with van der Waals surface area (Å²) >= 11 is 0.